The molecular weight excluding hydrogens is 262 g/mol. The molecule has 3 nitrogen and oxygen atoms in total. The van der Waals surface area contributed by atoms with E-state index in [-0.39, 0.29) is 12.5 Å². The second kappa shape index (κ2) is 6.93. The van der Waals surface area contributed by atoms with E-state index in [9.17, 15) is 4.79 Å². The number of hydrogen-bond donors (Lipinski definition) is 1. The number of rotatable bonds is 5. The van der Waals surface area contributed by atoms with E-state index >= 15 is 0 Å². The van der Waals surface area contributed by atoms with Crippen LogP contribution in [0.25, 0.3) is 0 Å². The molecule has 2 aromatic rings. The summed E-state index contributed by atoms with van der Waals surface area (Å²) in [4.78, 5) is 12.0. The van der Waals surface area contributed by atoms with Gasteiger partial charge in [-0.3, -0.25) is 4.79 Å². The molecule has 0 saturated carbocycles. The lowest BCUT2D eigenvalue weighted by molar-refractivity contribution is -0.118. The van der Waals surface area contributed by atoms with Crippen LogP contribution in [-0.2, 0) is 11.2 Å². The lowest BCUT2D eigenvalue weighted by Crippen LogP contribution is -2.21. The van der Waals surface area contributed by atoms with Crippen molar-refractivity contribution in [3.8, 4) is 5.75 Å². The van der Waals surface area contributed by atoms with Crippen LogP contribution in [-0.4, -0.2) is 12.5 Å². The van der Waals surface area contributed by atoms with Crippen LogP contribution >= 0.6 is 0 Å². The Morgan fingerprint density at radius 3 is 2.38 bits per heavy atom. The van der Waals surface area contributed by atoms with Gasteiger partial charge in [0.1, 0.15) is 5.75 Å². The zero-order valence-electron chi connectivity index (χ0n) is 12.8. The molecule has 110 valence electrons. The highest BCUT2D eigenvalue weighted by atomic mass is 16.5. The highest BCUT2D eigenvalue weighted by Gasteiger charge is 2.09. The van der Waals surface area contributed by atoms with Crippen LogP contribution in [0.1, 0.15) is 23.6 Å². The quantitative estimate of drug-likeness (QED) is 0.904. The second-order valence-electron chi connectivity index (χ2n) is 5.07. The lowest BCUT2D eigenvalue weighted by Gasteiger charge is -2.13. The SMILES string of the molecule is CCc1ccccc1NC(=O)COc1c(C)cccc1C. The van der Waals surface area contributed by atoms with Crippen LogP contribution in [0.3, 0.4) is 0 Å². The molecule has 21 heavy (non-hydrogen) atoms. The van der Waals surface area contributed by atoms with Gasteiger partial charge in [0, 0.05) is 5.69 Å². The molecule has 1 N–H and O–H groups in total. The van der Waals surface area contributed by atoms with Crippen LogP contribution < -0.4 is 10.1 Å². The van der Waals surface area contributed by atoms with Gasteiger partial charge in [-0.25, -0.2) is 0 Å². The van der Waals surface area contributed by atoms with E-state index in [1.165, 1.54) is 0 Å². The smallest absolute Gasteiger partial charge is 0.262 e. The van der Waals surface area contributed by atoms with E-state index < -0.39 is 0 Å². The maximum atomic E-state index is 12.0. The summed E-state index contributed by atoms with van der Waals surface area (Å²) in [5, 5.41) is 2.91. The summed E-state index contributed by atoms with van der Waals surface area (Å²) >= 11 is 0. The maximum absolute atomic E-state index is 12.0. The molecular formula is C18H21NO2. The Hall–Kier alpha value is -2.29. The van der Waals surface area contributed by atoms with Crippen molar-refractivity contribution >= 4 is 11.6 Å². The van der Waals surface area contributed by atoms with E-state index in [0.717, 1.165) is 34.5 Å². The summed E-state index contributed by atoms with van der Waals surface area (Å²) in [7, 11) is 0. The van der Waals surface area contributed by atoms with Crippen LogP contribution in [0.4, 0.5) is 5.69 Å². The maximum Gasteiger partial charge on any atom is 0.262 e. The standard InChI is InChI=1S/C18H21NO2/c1-4-15-10-5-6-11-16(15)19-17(20)12-21-18-13(2)8-7-9-14(18)3/h5-11H,4,12H2,1-3H3,(H,19,20). The van der Waals surface area contributed by atoms with Crippen LogP contribution in [0, 0.1) is 13.8 Å². The number of aryl methyl sites for hydroxylation is 3. The number of ether oxygens (including phenoxy) is 1. The van der Waals surface area contributed by atoms with Gasteiger partial charge in [0.05, 0.1) is 0 Å². The summed E-state index contributed by atoms with van der Waals surface area (Å²) < 4.78 is 5.66. The van der Waals surface area contributed by atoms with Gasteiger partial charge >= 0.3 is 0 Å². The van der Waals surface area contributed by atoms with Crippen molar-refractivity contribution in [2.24, 2.45) is 0 Å². The van der Waals surface area contributed by atoms with E-state index in [1.807, 2.05) is 56.3 Å². The molecule has 0 bridgehead atoms. The van der Waals surface area contributed by atoms with Gasteiger partial charge in [0.2, 0.25) is 0 Å². The molecule has 0 atom stereocenters. The summed E-state index contributed by atoms with van der Waals surface area (Å²) in [6.07, 6.45) is 0.883. The Morgan fingerprint density at radius 2 is 1.71 bits per heavy atom. The summed E-state index contributed by atoms with van der Waals surface area (Å²) in [6.45, 7) is 6.04. The fraction of sp³-hybridized carbons (Fsp3) is 0.278. The third-order valence-corrected chi connectivity index (χ3v) is 3.43. The first-order chi connectivity index (χ1) is 10.1. The molecule has 0 spiro atoms. The molecule has 2 aromatic carbocycles. The van der Waals surface area contributed by atoms with Crippen molar-refractivity contribution < 1.29 is 9.53 Å². The first kappa shape index (κ1) is 15.1. The van der Waals surface area contributed by atoms with Crippen molar-refractivity contribution in [1.29, 1.82) is 0 Å². The van der Waals surface area contributed by atoms with Gasteiger partial charge in [0.15, 0.2) is 6.61 Å². The molecule has 1 amide bonds. The van der Waals surface area contributed by atoms with Crippen molar-refractivity contribution in [1.82, 2.24) is 0 Å². The first-order valence-electron chi connectivity index (χ1n) is 7.18. The molecule has 0 aliphatic rings. The van der Waals surface area contributed by atoms with Crippen LogP contribution in [0.5, 0.6) is 5.75 Å². The summed E-state index contributed by atoms with van der Waals surface area (Å²) in [5.74, 6) is 0.648. The van der Waals surface area contributed by atoms with Gasteiger partial charge in [-0.15, -0.1) is 0 Å². The van der Waals surface area contributed by atoms with Crippen molar-refractivity contribution in [2.45, 2.75) is 27.2 Å². The number of anilines is 1. The predicted molar refractivity (Wildman–Crippen MR) is 85.9 cm³/mol. The number of nitrogens with one attached hydrogen (secondary N) is 1. The van der Waals surface area contributed by atoms with E-state index in [2.05, 4.69) is 12.2 Å². The van der Waals surface area contributed by atoms with Crippen LogP contribution in [0.15, 0.2) is 42.5 Å². The molecule has 0 aliphatic carbocycles. The fourth-order valence-corrected chi connectivity index (χ4v) is 2.30. The number of carbonyl (C=O) groups is 1. The lowest BCUT2D eigenvalue weighted by atomic mass is 10.1. The molecule has 0 aliphatic heterocycles. The Bertz CT molecular complexity index is 615. The molecule has 0 saturated heterocycles. The first-order valence-corrected chi connectivity index (χ1v) is 7.18. The third kappa shape index (κ3) is 3.85. The molecule has 0 fully saturated rings. The van der Waals surface area contributed by atoms with E-state index in [4.69, 9.17) is 4.74 Å². The minimum Gasteiger partial charge on any atom is -0.483 e. The molecule has 0 radical (unpaired) electrons. The van der Waals surface area contributed by atoms with Gasteiger partial charge in [0.25, 0.3) is 5.91 Å². The molecule has 0 aromatic heterocycles. The normalized spacial score (nSPS) is 10.2. The molecule has 2 rings (SSSR count). The zero-order chi connectivity index (χ0) is 15.2. The molecule has 0 unspecified atom stereocenters. The van der Waals surface area contributed by atoms with Crippen molar-refractivity contribution in [2.75, 3.05) is 11.9 Å². The number of carbonyl (C=O) groups excluding carboxylic acids is 1. The zero-order valence-corrected chi connectivity index (χ0v) is 12.8. The molecule has 3 heteroatoms. The minimum atomic E-state index is -0.140. The topological polar surface area (TPSA) is 38.3 Å². The van der Waals surface area contributed by atoms with E-state index in [1.54, 1.807) is 0 Å². The average Bonchev–Trinajstić information content (AvgIpc) is 2.47. The average molecular weight is 283 g/mol. The van der Waals surface area contributed by atoms with Crippen LogP contribution in [0.2, 0.25) is 0 Å². The van der Waals surface area contributed by atoms with Crippen molar-refractivity contribution in [3.05, 3.63) is 59.2 Å². The van der Waals surface area contributed by atoms with E-state index in [0.29, 0.717) is 0 Å². The highest BCUT2D eigenvalue weighted by molar-refractivity contribution is 5.92. The second-order valence-corrected chi connectivity index (χ2v) is 5.07. The molecule has 0 heterocycles. The Kier molecular flexibility index (Phi) is 4.99. The highest BCUT2D eigenvalue weighted by Crippen LogP contribution is 2.22. The third-order valence-electron chi connectivity index (χ3n) is 3.43. The Morgan fingerprint density at radius 1 is 1.05 bits per heavy atom. The Balaban J connectivity index is 1.99. The van der Waals surface area contributed by atoms with Gasteiger partial charge in [-0.2, -0.15) is 0 Å². The van der Waals surface area contributed by atoms with Gasteiger partial charge in [-0.1, -0.05) is 43.3 Å². The number of benzene rings is 2. The fourth-order valence-electron chi connectivity index (χ4n) is 2.30. The largest absolute Gasteiger partial charge is 0.483 e. The number of para-hydroxylation sites is 2. The van der Waals surface area contributed by atoms with Gasteiger partial charge in [-0.05, 0) is 43.0 Å². The number of hydrogen-bond acceptors (Lipinski definition) is 2. The summed E-state index contributed by atoms with van der Waals surface area (Å²) in [6, 6.07) is 13.8. The number of amides is 1. The van der Waals surface area contributed by atoms with Gasteiger partial charge < -0.3 is 10.1 Å². The monoisotopic (exact) mass is 283 g/mol. The predicted octanol–water partition coefficient (Wildman–Crippen LogP) is 3.88. The minimum absolute atomic E-state index is 0.0176. The summed E-state index contributed by atoms with van der Waals surface area (Å²) in [5.41, 5.74) is 4.06. The Labute approximate surface area is 126 Å². The van der Waals surface area contributed by atoms with Crippen molar-refractivity contribution in [3.63, 3.8) is 0 Å².